The van der Waals surface area contributed by atoms with Gasteiger partial charge in [0.2, 0.25) is 11.8 Å². The Labute approximate surface area is 142 Å². The zero-order valence-electron chi connectivity index (χ0n) is 14.3. The molecule has 0 atom stereocenters. The Balaban J connectivity index is 1.63. The molecule has 4 heteroatoms. The second-order valence-electron chi connectivity index (χ2n) is 6.90. The van der Waals surface area contributed by atoms with Gasteiger partial charge in [-0.1, -0.05) is 42.0 Å². The van der Waals surface area contributed by atoms with E-state index in [1.807, 2.05) is 63.2 Å². The van der Waals surface area contributed by atoms with Gasteiger partial charge in [-0.25, -0.2) is 0 Å². The van der Waals surface area contributed by atoms with Crippen molar-refractivity contribution in [2.75, 3.05) is 5.32 Å². The predicted octanol–water partition coefficient (Wildman–Crippen LogP) is 3.08. The summed E-state index contributed by atoms with van der Waals surface area (Å²) in [5.74, 6) is 0.00543. The summed E-state index contributed by atoms with van der Waals surface area (Å²) in [6.07, 6.45) is 0.372. The van der Waals surface area contributed by atoms with Crippen LogP contribution in [0.4, 0.5) is 5.69 Å². The van der Waals surface area contributed by atoms with E-state index in [2.05, 4.69) is 10.6 Å². The van der Waals surface area contributed by atoms with E-state index in [1.54, 1.807) is 0 Å². The number of aryl methyl sites for hydroxylation is 1. The molecule has 0 aliphatic carbocycles. The third kappa shape index (κ3) is 3.18. The lowest BCUT2D eigenvalue weighted by Gasteiger charge is -2.16. The summed E-state index contributed by atoms with van der Waals surface area (Å²) in [4.78, 5) is 24.1. The summed E-state index contributed by atoms with van der Waals surface area (Å²) in [6, 6.07) is 13.8. The largest absolute Gasteiger partial charge is 0.352 e. The minimum absolute atomic E-state index is 0.00665. The highest BCUT2D eigenvalue weighted by Crippen LogP contribution is 2.37. The monoisotopic (exact) mass is 322 g/mol. The topological polar surface area (TPSA) is 58.2 Å². The molecule has 24 heavy (non-hydrogen) atoms. The molecular formula is C20H22N2O2. The highest BCUT2D eigenvalue weighted by molar-refractivity contribution is 6.05. The second-order valence-corrected chi connectivity index (χ2v) is 6.90. The molecule has 4 nitrogen and oxygen atoms in total. The lowest BCUT2D eigenvalue weighted by atomic mass is 9.85. The molecule has 1 aliphatic heterocycles. The molecule has 1 heterocycles. The van der Waals surface area contributed by atoms with Gasteiger partial charge in [0.1, 0.15) is 0 Å². The molecule has 0 saturated carbocycles. The van der Waals surface area contributed by atoms with Crippen LogP contribution in [0.1, 0.15) is 36.1 Å². The Kier molecular flexibility index (Phi) is 4.14. The van der Waals surface area contributed by atoms with Crippen molar-refractivity contribution >= 4 is 17.5 Å². The Morgan fingerprint density at radius 1 is 1.08 bits per heavy atom. The molecule has 0 radical (unpaired) electrons. The van der Waals surface area contributed by atoms with Crippen LogP contribution in [0, 0.1) is 6.92 Å². The molecule has 0 unspecified atom stereocenters. The SMILES string of the molecule is Cc1ccc(CC(=O)NCc2ccc3c(c2)C(C)(C)C(=O)N3)cc1. The molecule has 3 rings (SSSR count). The Bertz CT molecular complexity index is 792. The average molecular weight is 322 g/mol. The first-order valence-electron chi connectivity index (χ1n) is 8.13. The van der Waals surface area contributed by atoms with Gasteiger partial charge in [-0.15, -0.1) is 0 Å². The van der Waals surface area contributed by atoms with Crippen molar-refractivity contribution in [3.05, 3.63) is 64.7 Å². The Hall–Kier alpha value is -2.62. The van der Waals surface area contributed by atoms with Crippen LogP contribution in [-0.4, -0.2) is 11.8 Å². The van der Waals surface area contributed by atoms with Crippen LogP contribution >= 0.6 is 0 Å². The summed E-state index contributed by atoms with van der Waals surface area (Å²) in [6.45, 7) is 6.31. The van der Waals surface area contributed by atoms with E-state index in [0.717, 1.165) is 22.4 Å². The van der Waals surface area contributed by atoms with Gasteiger partial charge in [-0.05, 0) is 43.5 Å². The fourth-order valence-electron chi connectivity index (χ4n) is 2.88. The molecule has 0 aromatic heterocycles. The van der Waals surface area contributed by atoms with Crippen LogP contribution in [0.15, 0.2) is 42.5 Å². The van der Waals surface area contributed by atoms with E-state index in [-0.39, 0.29) is 11.8 Å². The van der Waals surface area contributed by atoms with Gasteiger partial charge < -0.3 is 10.6 Å². The van der Waals surface area contributed by atoms with E-state index in [1.165, 1.54) is 5.56 Å². The predicted molar refractivity (Wildman–Crippen MR) is 94.8 cm³/mol. The van der Waals surface area contributed by atoms with Gasteiger partial charge in [-0.2, -0.15) is 0 Å². The van der Waals surface area contributed by atoms with E-state index < -0.39 is 5.41 Å². The average Bonchev–Trinajstić information content (AvgIpc) is 2.77. The number of nitrogens with one attached hydrogen (secondary N) is 2. The first-order valence-corrected chi connectivity index (χ1v) is 8.13. The molecule has 0 spiro atoms. The number of carbonyl (C=O) groups is 2. The first kappa shape index (κ1) is 16.2. The maximum absolute atomic E-state index is 12.1. The molecule has 0 fully saturated rings. The third-order valence-electron chi connectivity index (χ3n) is 4.55. The number of fused-ring (bicyclic) bond motifs is 1. The van der Waals surface area contributed by atoms with E-state index in [9.17, 15) is 9.59 Å². The number of anilines is 1. The van der Waals surface area contributed by atoms with Crippen molar-refractivity contribution in [2.24, 2.45) is 0 Å². The van der Waals surface area contributed by atoms with E-state index in [0.29, 0.717) is 13.0 Å². The zero-order chi connectivity index (χ0) is 17.3. The van der Waals surface area contributed by atoms with Gasteiger partial charge in [0.25, 0.3) is 0 Å². The minimum Gasteiger partial charge on any atom is -0.352 e. The molecule has 2 aromatic carbocycles. The number of hydrogen-bond acceptors (Lipinski definition) is 2. The number of hydrogen-bond donors (Lipinski definition) is 2. The fraction of sp³-hybridized carbons (Fsp3) is 0.300. The number of rotatable bonds is 4. The summed E-state index contributed by atoms with van der Waals surface area (Å²) >= 11 is 0. The maximum Gasteiger partial charge on any atom is 0.234 e. The van der Waals surface area contributed by atoms with E-state index in [4.69, 9.17) is 0 Å². The molecule has 2 aromatic rings. The molecule has 0 saturated heterocycles. The molecule has 1 aliphatic rings. The van der Waals surface area contributed by atoms with Crippen LogP contribution < -0.4 is 10.6 Å². The Morgan fingerprint density at radius 2 is 1.75 bits per heavy atom. The summed E-state index contributed by atoms with van der Waals surface area (Å²) in [5, 5.41) is 5.84. The van der Waals surface area contributed by atoms with Crippen molar-refractivity contribution in [3.63, 3.8) is 0 Å². The van der Waals surface area contributed by atoms with Crippen molar-refractivity contribution in [3.8, 4) is 0 Å². The van der Waals surface area contributed by atoms with Gasteiger partial charge >= 0.3 is 0 Å². The fourth-order valence-corrected chi connectivity index (χ4v) is 2.88. The highest BCUT2D eigenvalue weighted by Gasteiger charge is 2.38. The molecule has 2 amide bonds. The van der Waals surface area contributed by atoms with Gasteiger partial charge in [-0.3, -0.25) is 9.59 Å². The summed E-state index contributed by atoms with van der Waals surface area (Å²) in [7, 11) is 0. The van der Waals surface area contributed by atoms with Crippen LogP contribution in [0.3, 0.4) is 0 Å². The summed E-state index contributed by atoms with van der Waals surface area (Å²) in [5.41, 5.74) is 4.50. The number of amides is 2. The van der Waals surface area contributed by atoms with Crippen LogP contribution in [0.25, 0.3) is 0 Å². The van der Waals surface area contributed by atoms with Crippen LogP contribution in [0.5, 0.6) is 0 Å². The van der Waals surface area contributed by atoms with Crippen LogP contribution in [-0.2, 0) is 28.0 Å². The highest BCUT2D eigenvalue weighted by atomic mass is 16.2. The first-order chi connectivity index (χ1) is 11.4. The minimum atomic E-state index is -0.531. The Morgan fingerprint density at radius 3 is 2.46 bits per heavy atom. The molecule has 0 bridgehead atoms. The van der Waals surface area contributed by atoms with Gasteiger partial charge in [0.15, 0.2) is 0 Å². The zero-order valence-corrected chi connectivity index (χ0v) is 14.3. The van der Waals surface area contributed by atoms with E-state index >= 15 is 0 Å². The normalized spacial score (nSPS) is 14.9. The maximum atomic E-state index is 12.1. The quantitative estimate of drug-likeness (QED) is 0.909. The second kappa shape index (κ2) is 6.11. The molecule has 124 valence electrons. The smallest absolute Gasteiger partial charge is 0.234 e. The lowest BCUT2D eigenvalue weighted by Crippen LogP contribution is -2.27. The number of benzene rings is 2. The number of carbonyl (C=O) groups excluding carboxylic acids is 2. The lowest BCUT2D eigenvalue weighted by molar-refractivity contribution is -0.121. The van der Waals surface area contributed by atoms with Crippen molar-refractivity contribution in [1.29, 1.82) is 0 Å². The summed E-state index contributed by atoms with van der Waals surface area (Å²) < 4.78 is 0. The van der Waals surface area contributed by atoms with Crippen molar-refractivity contribution in [2.45, 2.75) is 39.2 Å². The van der Waals surface area contributed by atoms with Crippen LogP contribution in [0.2, 0.25) is 0 Å². The van der Waals surface area contributed by atoms with Gasteiger partial charge in [0, 0.05) is 12.2 Å². The van der Waals surface area contributed by atoms with Crippen molar-refractivity contribution < 1.29 is 9.59 Å². The van der Waals surface area contributed by atoms with Gasteiger partial charge in [0.05, 0.1) is 11.8 Å². The van der Waals surface area contributed by atoms with Crippen molar-refractivity contribution in [1.82, 2.24) is 5.32 Å². The molecular weight excluding hydrogens is 300 g/mol. The standard InChI is InChI=1S/C20H22N2O2/c1-13-4-6-14(7-5-13)11-18(23)21-12-15-8-9-17-16(10-15)20(2,3)19(24)22-17/h4-10H,11-12H2,1-3H3,(H,21,23)(H,22,24). The molecule has 2 N–H and O–H groups in total. The third-order valence-corrected chi connectivity index (χ3v) is 4.55.